The predicted molar refractivity (Wildman–Crippen MR) is 84.2 cm³/mol. The van der Waals surface area contributed by atoms with Gasteiger partial charge in [0, 0.05) is 31.4 Å². The number of carbonyl (C=O) groups excluding carboxylic acids is 1. The second kappa shape index (κ2) is 8.34. The standard InChI is InChI=1S/C14H26N4OS/c1-11(2)9-18(8-7-17(3)4)14(19)12-10-20-13(16-12)5-6-15/h10-11H,5-9,15H2,1-4H3. The van der Waals surface area contributed by atoms with Gasteiger partial charge in [-0.05, 0) is 26.6 Å². The van der Waals surface area contributed by atoms with Crippen molar-refractivity contribution in [2.45, 2.75) is 20.3 Å². The molecule has 0 aliphatic rings. The molecule has 1 heterocycles. The molecule has 6 heteroatoms. The van der Waals surface area contributed by atoms with Crippen molar-refractivity contribution in [1.29, 1.82) is 0 Å². The minimum absolute atomic E-state index is 0.0278. The van der Waals surface area contributed by atoms with Crippen LogP contribution in [0.1, 0.15) is 29.3 Å². The number of amides is 1. The van der Waals surface area contributed by atoms with Crippen molar-refractivity contribution in [3.05, 3.63) is 16.1 Å². The molecule has 0 fully saturated rings. The quantitative estimate of drug-likeness (QED) is 0.786. The Morgan fingerprint density at radius 1 is 1.40 bits per heavy atom. The molecule has 0 atom stereocenters. The fourth-order valence-corrected chi connectivity index (χ4v) is 2.63. The maximum absolute atomic E-state index is 12.5. The van der Waals surface area contributed by atoms with Crippen LogP contribution in [-0.4, -0.2) is 61.0 Å². The second-order valence-electron chi connectivity index (χ2n) is 5.61. The number of nitrogens with two attached hydrogens (primary N) is 1. The first-order valence-corrected chi connectivity index (χ1v) is 7.90. The molecule has 1 amide bonds. The Balaban J connectivity index is 2.74. The van der Waals surface area contributed by atoms with Crippen LogP contribution in [0.25, 0.3) is 0 Å². The fourth-order valence-electron chi connectivity index (χ4n) is 1.85. The lowest BCUT2D eigenvalue weighted by molar-refractivity contribution is 0.0719. The molecule has 2 N–H and O–H groups in total. The van der Waals surface area contributed by atoms with Gasteiger partial charge >= 0.3 is 0 Å². The Kier molecular flexibility index (Phi) is 7.12. The van der Waals surface area contributed by atoms with E-state index in [1.54, 1.807) is 0 Å². The minimum atomic E-state index is 0.0278. The van der Waals surface area contributed by atoms with Crippen LogP contribution in [0.4, 0.5) is 0 Å². The van der Waals surface area contributed by atoms with Gasteiger partial charge in [0.15, 0.2) is 0 Å². The van der Waals surface area contributed by atoms with Crippen molar-refractivity contribution in [3.8, 4) is 0 Å². The van der Waals surface area contributed by atoms with Crippen LogP contribution in [-0.2, 0) is 6.42 Å². The van der Waals surface area contributed by atoms with Gasteiger partial charge in [0.05, 0.1) is 5.01 Å². The van der Waals surface area contributed by atoms with Crippen molar-refractivity contribution < 1.29 is 4.79 Å². The molecular formula is C14H26N4OS. The van der Waals surface area contributed by atoms with E-state index in [2.05, 4.69) is 23.7 Å². The lowest BCUT2D eigenvalue weighted by Crippen LogP contribution is -2.39. The molecule has 1 aromatic heterocycles. The van der Waals surface area contributed by atoms with Crippen LogP contribution in [0.15, 0.2) is 5.38 Å². The molecule has 1 rings (SSSR count). The van der Waals surface area contributed by atoms with E-state index in [9.17, 15) is 4.79 Å². The van der Waals surface area contributed by atoms with E-state index in [4.69, 9.17) is 5.73 Å². The Morgan fingerprint density at radius 2 is 2.10 bits per heavy atom. The molecule has 0 bridgehead atoms. The Hall–Kier alpha value is -0.980. The Bertz CT molecular complexity index is 417. The Labute approximate surface area is 125 Å². The number of thiazole rings is 1. The molecule has 0 radical (unpaired) electrons. The molecule has 0 saturated heterocycles. The third-order valence-electron chi connectivity index (χ3n) is 2.82. The van der Waals surface area contributed by atoms with Crippen molar-refractivity contribution >= 4 is 17.2 Å². The highest BCUT2D eigenvalue weighted by molar-refractivity contribution is 7.09. The number of rotatable bonds is 8. The van der Waals surface area contributed by atoms with Crippen molar-refractivity contribution in [2.24, 2.45) is 11.7 Å². The van der Waals surface area contributed by atoms with Gasteiger partial charge in [0.1, 0.15) is 5.69 Å². The van der Waals surface area contributed by atoms with Gasteiger partial charge in [-0.3, -0.25) is 4.79 Å². The summed E-state index contributed by atoms with van der Waals surface area (Å²) in [6.45, 7) is 7.16. The van der Waals surface area contributed by atoms with Crippen LogP contribution < -0.4 is 5.73 Å². The maximum Gasteiger partial charge on any atom is 0.273 e. The normalized spacial score (nSPS) is 11.3. The number of likely N-dealkylation sites (N-methyl/N-ethyl adjacent to an activating group) is 1. The summed E-state index contributed by atoms with van der Waals surface area (Å²) in [5.74, 6) is 0.475. The first-order valence-electron chi connectivity index (χ1n) is 7.02. The van der Waals surface area contributed by atoms with E-state index in [0.29, 0.717) is 18.2 Å². The zero-order valence-electron chi connectivity index (χ0n) is 12.9. The molecule has 0 aromatic carbocycles. The van der Waals surface area contributed by atoms with E-state index >= 15 is 0 Å². The van der Waals surface area contributed by atoms with Gasteiger partial charge in [0.2, 0.25) is 0 Å². The molecule has 20 heavy (non-hydrogen) atoms. The predicted octanol–water partition coefficient (Wildman–Crippen LogP) is 1.30. The zero-order chi connectivity index (χ0) is 15.1. The lowest BCUT2D eigenvalue weighted by Gasteiger charge is -2.25. The summed E-state index contributed by atoms with van der Waals surface area (Å²) in [4.78, 5) is 20.9. The minimum Gasteiger partial charge on any atom is -0.336 e. The van der Waals surface area contributed by atoms with Gasteiger partial charge in [0.25, 0.3) is 5.91 Å². The SMILES string of the molecule is CC(C)CN(CCN(C)C)C(=O)c1csc(CCN)n1. The fraction of sp³-hybridized carbons (Fsp3) is 0.714. The van der Waals surface area contributed by atoms with Crippen LogP contribution >= 0.6 is 11.3 Å². The summed E-state index contributed by atoms with van der Waals surface area (Å²) >= 11 is 1.51. The van der Waals surface area contributed by atoms with E-state index < -0.39 is 0 Å². The average molecular weight is 298 g/mol. The molecule has 0 aliphatic carbocycles. The largest absolute Gasteiger partial charge is 0.336 e. The summed E-state index contributed by atoms with van der Waals surface area (Å²) in [6, 6.07) is 0. The summed E-state index contributed by atoms with van der Waals surface area (Å²) in [5.41, 5.74) is 6.07. The molecule has 1 aromatic rings. The van der Waals surface area contributed by atoms with E-state index in [0.717, 1.165) is 31.1 Å². The van der Waals surface area contributed by atoms with Crippen molar-refractivity contribution in [2.75, 3.05) is 40.3 Å². The molecule has 5 nitrogen and oxygen atoms in total. The third-order valence-corrected chi connectivity index (χ3v) is 3.73. The van der Waals surface area contributed by atoms with E-state index in [-0.39, 0.29) is 5.91 Å². The summed E-state index contributed by atoms with van der Waals surface area (Å²) in [5, 5.41) is 2.78. The molecule has 0 aliphatic heterocycles. The van der Waals surface area contributed by atoms with Crippen molar-refractivity contribution in [1.82, 2.24) is 14.8 Å². The zero-order valence-corrected chi connectivity index (χ0v) is 13.7. The first kappa shape index (κ1) is 17.1. The van der Waals surface area contributed by atoms with Crippen LogP contribution in [0, 0.1) is 5.92 Å². The van der Waals surface area contributed by atoms with Gasteiger partial charge in [-0.1, -0.05) is 13.8 Å². The van der Waals surface area contributed by atoms with E-state index in [1.165, 1.54) is 11.3 Å². The van der Waals surface area contributed by atoms with Gasteiger partial charge in [-0.25, -0.2) is 4.98 Å². The van der Waals surface area contributed by atoms with Gasteiger partial charge in [-0.2, -0.15) is 0 Å². The molecule has 0 unspecified atom stereocenters. The van der Waals surface area contributed by atoms with Crippen LogP contribution in [0.5, 0.6) is 0 Å². The summed E-state index contributed by atoms with van der Waals surface area (Å²) in [7, 11) is 4.03. The monoisotopic (exact) mass is 298 g/mol. The van der Waals surface area contributed by atoms with Gasteiger partial charge < -0.3 is 15.5 Å². The second-order valence-corrected chi connectivity index (χ2v) is 6.56. The highest BCUT2D eigenvalue weighted by atomic mass is 32.1. The lowest BCUT2D eigenvalue weighted by atomic mass is 10.2. The third kappa shape index (κ3) is 5.56. The van der Waals surface area contributed by atoms with Crippen molar-refractivity contribution in [3.63, 3.8) is 0 Å². The first-order chi connectivity index (χ1) is 9.43. The highest BCUT2D eigenvalue weighted by Gasteiger charge is 2.19. The summed E-state index contributed by atoms with van der Waals surface area (Å²) < 4.78 is 0. The molecule has 0 spiro atoms. The molecule has 0 saturated carbocycles. The van der Waals surface area contributed by atoms with Crippen LogP contribution in [0.3, 0.4) is 0 Å². The number of hydrogen-bond donors (Lipinski definition) is 1. The number of nitrogens with zero attached hydrogens (tertiary/aromatic N) is 3. The van der Waals surface area contributed by atoms with Gasteiger partial charge in [-0.15, -0.1) is 11.3 Å². The molecule has 114 valence electrons. The summed E-state index contributed by atoms with van der Waals surface area (Å²) in [6.07, 6.45) is 0.736. The number of carbonyl (C=O) groups is 1. The van der Waals surface area contributed by atoms with Crippen LogP contribution in [0.2, 0.25) is 0 Å². The highest BCUT2D eigenvalue weighted by Crippen LogP contribution is 2.13. The maximum atomic E-state index is 12.5. The molecular weight excluding hydrogens is 272 g/mol. The topological polar surface area (TPSA) is 62.5 Å². The Morgan fingerprint density at radius 3 is 2.65 bits per heavy atom. The number of hydrogen-bond acceptors (Lipinski definition) is 5. The number of aromatic nitrogens is 1. The average Bonchev–Trinajstić information content (AvgIpc) is 2.82. The van der Waals surface area contributed by atoms with E-state index in [1.807, 2.05) is 24.4 Å². The smallest absolute Gasteiger partial charge is 0.273 e.